The molecule has 4 rings (SSSR count). The van der Waals surface area contributed by atoms with Crippen molar-refractivity contribution < 1.29 is 24.3 Å². The summed E-state index contributed by atoms with van der Waals surface area (Å²) in [5.41, 5.74) is 2.79. The Morgan fingerprint density at radius 2 is 1.70 bits per heavy atom. The van der Waals surface area contributed by atoms with Crippen molar-refractivity contribution >= 4 is 51.5 Å². The highest BCUT2D eigenvalue weighted by atomic mass is 79.9. The van der Waals surface area contributed by atoms with E-state index in [0.29, 0.717) is 22.6 Å². The van der Waals surface area contributed by atoms with Gasteiger partial charge in [0, 0.05) is 21.5 Å². The maximum absolute atomic E-state index is 13.1. The van der Waals surface area contributed by atoms with Crippen molar-refractivity contribution in [2.45, 2.75) is 13.8 Å². The molecule has 1 N–H and O–H groups in total. The number of aromatic nitrogens is 1. The second kappa shape index (κ2) is 8.51. The number of aromatic carboxylic acids is 1. The molecule has 0 saturated carbocycles. The van der Waals surface area contributed by atoms with E-state index in [1.807, 2.05) is 11.5 Å². The summed E-state index contributed by atoms with van der Waals surface area (Å²) >= 11 is 3.31. The predicted octanol–water partition coefficient (Wildman–Crippen LogP) is 2.89. The van der Waals surface area contributed by atoms with Crippen LogP contribution in [0.2, 0.25) is 0 Å². The molecule has 0 spiro atoms. The van der Waals surface area contributed by atoms with E-state index in [4.69, 9.17) is 0 Å². The molecule has 2 aromatic carbocycles. The van der Waals surface area contributed by atoms with Crippen LogP contribution in [0.15, 0.2) is 64.6 Å². The number of carbonyl (C=O) groups is 4. The van der Waals surface area contributed by atoms with Gasteiger partial charge in [-0.15, -0.1) is 0 Å². The van der Waals surface area contributed by atoms with Crippen LogP contribution in [0.3, 0.4) is 0 Å². The molecule has 1 saturated heterocycles. The Morgan fingerprint density at radius 1 is 1.00 bits per heavy atom. The third-order valence-corrected chi connectivity index (χ3v) is 5.83. The van der Waals surface area contributed by atoms with Gasteiger partial charge in [0.1, 0.15) is 5.57 Å². The molecule has 0 unspecified atom stereocenters. The van der Waals surface area contributed by atoms with Crippen LogP contribution < -0.4 is 15.3 Å². The van der Waals surface area contributed by atoms with Crippen molar-refractivity contribution in [3.05, 3.63) is 87.2 Å². The lowest BCUT2D eigenvalue weighted by Gasteiger charge is -2.26. The van der Waals surface area contributed by atoms with E-state index in [1.165, 1.54) is 18.2 Å². The largest absolute Gasteiger partial charge is 0.545 e. The predicted molar refractivity (Wildman–Crippen MR) is 123 cm³/mol. The Morgan fingerprint density at radius 3 is 2.36 bits per heavy atom. The first-order valence-corrected chi connectivity index (χ1v) is 10.6. The van der Waals surface area contributed by atoms with E-state index < -0.39 is 23.8 Å². The highest BCUT2D eigenvalue weighted by Gasteiger charge is 2.37. The lowest BCUT2D eigenvalue weighted by Crippen LogP contribution is -2.54. The summed E-state index contributed by atoms with van der Waals surface area (Å²) in [5, 5.41) is 13.4. The summed E-state index contributed by atoms with van der Waals surface area (Å²) in [6, 6.07) is 13.8. The highest BCUT2D eigenvalue weighted by Crippen LogP contribution is 2.27. The number of anilines is 1. The first kappa shape index (κ1) is 22.2. The number of hydrogen-bond donors (Lipinski definition) is 1. The van der Waals surface area contributed by atoms with Gasteiger partial charge in [-0.3, -0.25) is 14.9 Å². The lowest BCUT2D eigenvalue weighted by molar-refractivity contribution is -0.255. The minimum Gasteiger partial charge on any atom is -0.545 e. The minimum atomic E-state index is -1.29. The normalized spacial score (nSPS) is 15.2. The van der Waals surface area contributed by atoms with Crippen LogP contribution in [0.5, 0.6) is 0 Å². The zero-order chi connectivity index (χ0) is 23.9. The van der Waals surface area contributed by atoms with Crippen LogP contribution in [0, 0.1) is 13.8 Å². The molecule has 33 heavy (non-hydrogen) atoms. The summed E-state index contributed by atoms with van der Waals surface area (Å²) < 4.78 is 2.58. The lowest BCUT2D eigenvalue weighted by atomic mass is 10.1. The Kier molecular flexibility index (Phi) is 5.73. The summed E-state index contributed by atoms with van der Waals surface area (Å²) in [7, 11) is 0. The molecule has 1 aromatic heterocycles. The van der Waals surface area contributed by atoms with Gasteiger partial charge in [0.25, 0.3) is 11.8 Å². The summed E-state index contributed by atoms with van der Waals surface area (Å²) in [4.78, 5) is 50.1. The number of halogens is 1. The molecule has 3 aromatic rings. The third-order valence-electron chi connectivity index (χ3n) is 5.30. The third kappa shape index (κ3) is 4.10. The molecule has 0 radical (unpaired) electrons. The second-order valence-electron chi connectivity index (χ2n) is 7.43. The van der Waals surface area contributed by atoms with Gasteiger partial charge in [-0.1, -0.05) is 28.1 Å². The molecular formula is C24H17BrN3O5-. The molecule has 0 atom stereocenters. The molecule has 1 fully saturated rings. The maximum Gasteiger partial charge on any atom is 0.335 e. The average Bonchev–Trinajstić information content (AvgIpc) is 3.05. The summed E-state index contributed by atoms with van der Waals surface area (Å²) in [6.07, 6.45) is 1.43. The number of nitrogens with zero attached hydrogens (tertiary/aromatic N) is 2. The van der Waals surface area contributed by atoms with Crippen LogP contribution in [0.4, 0.5) is 10.5 Å². The van der Waals surface area contributed by atoms with E-state index in [-0.39, 0.29) is 11.1 Å². The number of nitrogens with one attached hydrogen (secondary N) is 1. The first-order chi connectivity index (χ1) is 15.7. The number of hydrogen-bond acceptors (Lipinski definition) is 5. The smallest absolute Gasteiger partial charge is 0.335 e. The van der Waals surface area contributed by atoms with Crippen LogP contribution in [-0.4, -0.2) is 28.4 Å². The molecule has 2 heterocycles. The minimum absolute atomic E-state index is 0.0328. The Hall–Kier alpha value is -3.98. The monoisotopic (exact) mass is 506 g/mol. The number of carboxylic acids is 1. The fraction of sp³-hybridized carbons (Fsp3) is 0.0833. The van der Waals surface area contributed by atoms with Gasteiger partial charge in [-0.2, -0.15) is 0 Å². The number of carbonyl (C=O) groups excluding carboxylic acids is 4. The van der Waals surface area contributed by atoms with E-state index in [1.54, 1.807) is 49.4 Å². The molecule has 166 valence electrons. The van der Waals surface area contributed by atoms with E-state index in [0.717, 1.165) is 15.1 Å². The molecular weight excluding hydrogens is 490 g/mol. The van der Waals surface area contributed by atoms with E-state index in [2.05, 4.69) is 21.2 Å². The number of imide groups is 2. The van der Waals surface area contributed by atoms with Crippen LogP contribution in [0.25, 0.3) is 11.8 Å². The number of rotatable bonds is 4. The van der Waals surface area contributed by atoms with Gasteiger partial charge >= 0.3 is 6.03 Å². The number of barbiturate groups is 1. The standard InChI is InChI=1S/C24H18BrN3O5/c1-13-10-16(14(2)27(13)19-5-3-4-15(11-19)23(31)32)12-20-21(29)26-24(33)28(22(20)30)18-8-6-17(25)7-9-18/h3-12H,1-2H3,(H,31,32)(H,26,29,33)/p-1/b20-12-. The number of carboxylic acid groups (broad SMARTS) is 1. The van der Waals surface area contributed by atoms with Crippen molar-refractivity contribution in [3.8, 4) is 5.69 Å². The van der Waals surface area contributed by atoms with Gasteiger partial charge in [-0.05, 0) is 73.5 Å². The number of amides is 4. The summed E-state index contributed by atoms with van der Waals surface area (Å²) in [5.74, 6) is -2.82. The van der Waals surface area contributed by atoms with Gasteiger partial charge < -0.3 is 14.5 Å². The van der Waals surface area contributed by atoms with Crippen molar-refractivity contribution in [3.63, 3.8) is 0 Å². The van der Waals surface area contributed by atoms with E-state index in [9.17, 15) is 24.3 Å². The van der Waals surface area contributed by atoms with Crippen molar-refractivity contribution in [1.82, 2.24) is 9.88 Å². The SMILES string of the molecule is Cc1cc(/C=C2/C(=O)NC(=O)N(c3ccc(Br)cc3)C2=O)c(C)n1-c1cccc(C(=O)[O-])c1. The zero-order valence-corrected chi connectivity index (χ0v) is 19.2. The van der Waals surface area contributed by atoms with E-state index >= 15 is 0 Å². The highest BCUT2D eigenvalue weighted by molar-refractivity contribution is 9.10. The number of urea groups is 1. The second-order valence-corrected chi connectivity index (χ2v) is 8.35. The molecule has 0 aliphatic carbocycles. The van der Waals surface area contributed by atoms with Gasteiger partial charge in [0.15, 0.2) is 0 Å². The zero-order valence-electron chi connectivity index (χ0n) is 17.6. The van der Waals surface area contributed by atoms with Crippen LogP contribution in [-0.2, 0) is 9.59 Å². The molecule has 4 amide bonds. The Bertz CT molecular complexity index is 1350. The fourth-order valence-electron chi connectivity index (χ4n) is 3.74. The molecule has 9 heteroatoms. The topological polar surface area (TPSA) is 112 Å². The fourth-order valence-corrected chi connectivity index (χ4v) is 4.00. The molecule has 1 aliphatic heterocycles. The quantitative estimate of drug-likeness (QED) is 0.431. The summed E-state index contributed by atoms with van der Waals surface area (Å²) in [6.45, 7) is 3.61. The van der Waals surface area contributed by atoms with Gasteiger partial charge in [-0.25, -0.2) is 9.69 Å². The van der Waals surface area contributed by atoms with Crippen LogP contribution >= 0.6 is 15.9 Å². The average molecular weight is 507 g/mol. The molecule has 0 bridgehead atoms. The first-order valence-electron chi connectivity index (χ1n) is 9.85. The molecule has 1 aliphatic rings. The molecule has 8 nitrogen and oxygen atoms in total. The maximum atomic E-state index is 13.1. The number of benzene rings is 2. The van der Waals surface area contributed by atoms with Crippen molar-refractivity contribution in [2.75, 3.05) is 4.90 Å². The van der Waals surface area contributed by atoms with Crippen molar-refractivity contribution in [2.24, 2.45) is 0 Å². The Balaban J connectivity index is 1.76. The van der Waals surface area contributed by atoms with Crippen molar-refractivity contribution in [1.29, 1.82) is 0 Å². The van der Waals surface area contributed by atoms with Gasteiger partial charge in [0.05, 0.1) is 11.7 Å². The van der Waals surface area contributed by atoms with Gasteiger partial charge in [0.2, 0.25) is 0 Å². The number of aryl methyl sites for hydroxylation is 1. The van der Waals surface area contributed by atoms with Crippen LogP contribution in [0.1, 0.15) is 27.3 Å². The Labute approximate surface area is 197 Å².